The van der Waals surface area contributed by atoms with Gasteiger partial charge in [0.2, 0.25) is 0 Å². The van der Waals surface area contributed by atoms with E-state index in [4.69, 9.17) is 9.15 Å². The second-order valence-electron chi connectivity index (χ2n) is 10.1. The Bertz CT molecular complexity index is 1940. The van der Waals surface area contributed by atoms with Crippen LogP contribution in [0.5, 0.6) is 11.5 Å². The van der Waals surface area contributed by atoms with E-state index >= 15 is 0 Å². The molecule has 0 spiro atoms. The highest BCUT2D eigenvalue weighted by Crippen LogP contribution is 2.56. The van der Waals surface area contributed by atoms with Crippen molar-refractivity contribution in [2.45, 2.75) is 5.41 Å². The molecule has 2 heterocycles. The van der Waals surface area contributed by atoms with E-state index in [1.54, 1.807) is 0 Å². The minimum absolute atomic E-state index is 0.514. The van der Waals surface area contributed by atoms with Crippen LogP contribution in [0.1, 0.15) is 22.3 Å². The molecule has 1 aliphatic heterocycles. The van der Waals surface area contributed by atoms with Crippen LogP contribution in [0.3, 0.4) is 0 Å². The number of hydrogen-bond acceptors (Lipinski definition) is 2. The van der Waals surface area contributed by atoms with E-state index in [2.05, 4.69) is 121 Å². The predicted octanol–water partition coefficient (Wildman–Crippen LogP) is 9.74. The molecule has 2 nitrogen and oxygen atoms in total. The zero-order valence-corrected chi connectivity index (χ0v) is 21.2. The van der Waals surface area contributed by atoms with E-state index in [0.29, 0.717) is 0 Å². The quantitative estimate of drug-likeness (QED) is 0.241. The van der Waals surface area contributed by atoms with Gasteiger partial charge in [0, 0.05) is 21.9 Å². The third-order valence-electron chi connectivity index (χ3n) is 8.02. The maximum Gasteiger partial charge on any atom is 0.136 e. The average molecular weight is 501 g/mol. The summed E-state index contributed by atoms with van der Waals surface area (Å²) in [7, 11) is 0. The summed E-state index contributed by atoms with van der Waals surface area (Å²) < 4.78 is 12.9. The number of rotatable bonds is 3. The van der Waals surface area contributed by atoms with Crippen molar-refractivity contribution in [3.8, 4) is 22.6 Å². The van der Waals surface area contributed by atoms with Gasteiger partial charge in [-0.25, -0.2) is 0 Å². The van der Waals surface area contributed by atoms with Crippen LogP contribution in [0.25, 0.3) is 33.1 Å². The number of ether oxygens (including phenoxy) is 1. The van der Waals surface area contributed by atoms with Crippen molar-refractivity contribution in [1.29, 1.82) is 0 Å². The molecule has 8 rings (SSSR count). The van der Waals surface area contributed by atoms with Gasteiger partial charge >= 0.3 is 0 Å². The van der Waals surface area contributed by atoms with Crippen LogP contribution >= 0.6 is 0 Å². The van der Waals surface area contributed by atoms with Crippen LogP contribution in [0.2, 0.25) is 0 Å². The first-order chi connectivity index (χ1) is 19.3. The number of benzene rings is 6. The van der Waals surface area contributed by atoms with Gasteiger partial charge < -0.3 is 9.15 Å². The van der Waals surface area contributed by atoms with Gasteiger partial charge in [-0.15, -0.1) is 0 Å². The van der Waals surface area contributed by atoms with E-state index in [-0.39, 0.29) is 0 Å². The highest BCUT2D eigenvalue weighted by atomic mass is 16.5. The summed E-state index contributed by atoms with van der Waals surface area (Å²) in [6.07, 6.45) is 0. The Morgan fingerprint density at radius 2 is 1.10 bits per heavy atom. The molecule has 1 aromatic heterocycles. The number of hydrogen-bond donors (Lipinski definition) is 0. The summed E-state index contributed by atoms with van der Waals surface area (Å²) in [6, 6.07) is 51.2. The summed E-state index contributed by atoms with van der Waals surface area (Å²) >= 11 is 0. The lowest BCUT2D eigenvalue weighted by Gasteiger charge is -2.41. The van der Waals surface area contributed by atoms with Crippen LogP contribution in [0, 0.1) is 0 Å². The SMILES string of the molecule is c1ccc(C2(c3ccccc3)c3ccccc3Oc3cc(-c4cccc5oc6ccccc6c45)ccc32)cc1. The largest absolute Gasteiger partial charge is 0.457 e. The molecular formula is C37H24O2. The summed E-state index contributed by atoms with van der Waals surface area (Å²) in [5.74, 6) is 1.74. The molecule has 0 amide bonds. The lowest BCUT2D eigenvalue weighted by Crippen LogP contribution is -2.34. The van der Waals surface area contributed by atoms with Crippen molar-refractivity contribution in [2.24, 2.45) is 0 Å². The molecule has 1 aliphatic rings. The smallest absolute Gasteiger partial charge is 0.136 e. The molecule has 0 aliphatic carbocycles. The molecule has 0 unspecified atom stereocenters. The van der Waals surface area contributed by atoms with Gasteiger partial charge in [0.05, 0.1) is 5.41 Å². The highest BCUT2D eigenvalue weighted by molar-refractivity contribution is 6.12. The Balaban J connectivity index is 1.43. The topological polar surface area (TPSA) is 22.4 Å². The molecule has 0 N–H and O–H groups in total. The number of para-hydroxylation sites is 2. The first-order valence-corrected chi connectivity index (χ1v) is 13.3. The molecule has 184 valence electrons. The first-order valence-electron chi connectivity index (χ1n) is 13.3. The molecule has 7 aromatic rings. The molecule has 2 heteroatoms. The summed E-state index contributed by atoms with van der Waals surface area (Å²) in [5, 5.41) is 2.25. The van der Waals surface area contributed by atoms with Crippen molar-refractivity contribution in [3.05, 3.63) is 168 Å². The van der Waals surface area contributed by atoms with Crippen LogP contribution in [-0.4, -0.2) is 0 Å². The molecule has 0 atom stereocenters. The van der Waals surface area contributed by atoms with Gasteiger partial charge in [0.1, 0.15) is 22.7 Å². The Kier molecular flexibility index (Phi) is 4.77. The zero-order valence-electron chi connectivity index (χ0n) is 21.2. The van der Waals surface area contributed by atoms with Crippen LogP contribution < -0.4 is 4.74 Å². The molecule has 0 saturated carbocycles. The third-order valence-corrected chi connectivity index (χ3v) is 8.02. The second kappa shape index (κ2) is 8.47. The normalized spacial score (nSPS) is 13.5. The Hall–Kier alpha value is -5.08. The van der Waals surface area contributed by atoms with Crippen LogP contribution in [0.15, 0.2) is 150 Å². The van der Waals surface area contributed by atoms with Crippen LogP contribution in [-0.2, 0) is 5.41 Å². The van der Waals surface area contributed by atoms with Gasteiger partial charge in [-0.2, -0.15) is 0 Å². The van der Waals surface area contributed by atoms with Gasteiger partial charge in [-0.1, -0.05) is 121 Å². The number of fused-ring (bicyclic) bond motifs is 5. The predicted molar refractivity (Wildman–Crippen MR) is 158 cm³/mol. The monoisotopic (exact) mass is 500 g/mol. The minimum atomic E-state index is -0.514. The van der Waals surface area contributed by atoms with E-state index in [0.717, 1.165) is 55.7 Å². The van der Waals surface area contributed by atoms with Crippen molar-refractivity contribution >= 4 is 21.9 Å². The Morgan fingerprint density at radius 1 is 0.462 bits per heavy atom. The minimum Gasteiger partial charge on any atom is -0.457 e. The number of furan rings is 1. The third kappa shape index (κ3) is 3.15. The maximum absolute atomic E-state index is 6.70. The summed E-state index contributed by atoms with van der Waals surface area (Å²) in [6.45, 7) is 0. The molecule has 6 aromatic carbocycles. The Labute approximate surface area is 226 Å². The maximum atomic E-state index is 6.70. The average Bonchev–Trinajstić information content (AvgIpc) is 3.39. The second-order valence-corrected chi connectivity index (χ2v) is 10.1. The van der Waals surface area contributed by atoms with Gasteiger partial charge in [0.15, 0.2) is 0 Å². The van der Waals surface area contributed by atoms with E-state index in [1.165, 1.54) is 11.1 Å². The van der Waals surface area contributed by atoms with Crippen molar-refractivity contribution in [2.75, 3.05) is 0 Å². The molecule has 39 heavy (non-hydrogen) atoms. The molecular weight excluding hydrogens is 476 g/mol. The van der Waals surface area contributed by atoms with Gasteiger partial charge in [-0.3, -0.25) is 0 Å². The lowest BCUT2D eigenvalue weighted by molar-refractivity contribution is 0.435. The fraction of sp³-hybridized carbons (Fsp3) is 0.0270. The fourth-order valence-corrected chi connectivity index (χ4v) is 6.39. The summed E-state index contributed by atoms with van der Waals surface area (Å²) in [4.78, 5) is 0. The first kappa shape index (κ1) is 22.0. The molecule has 0 saturated heterocycles. The molecule has 0 bridgehead atoms. The van der Waals surface area contributed by atoms with E-state index in [9.17, 15) is 0 Å². The highest BCUT2D eigenvalue weighted by Gasteiger charge is 2.45. The lowest BCUT2D eigenvalue weighted by atomic mass is 9.63. The fourth-order valence-electron chi connectivity index (χ4n) is 6.39. The van der Waals surface area contributed by atoms with Crippen molar-refractivity contribution in [3.63, 3.8) is 0 Å². The van der Waals surface area contributed by atoms with Crippen LogP contribution in [0.4, 0.5) is 0 Å². The van der Waals surface area contributed by atoms with Gasteiger partial charge in [0.25, 0.3) is 0 Å². The van der Waals surface area contributed by atoms with Gasteiger partial charge in [-0.05, 0) is 46.5 Å². The van der Waals surface area contributed by atoms with Crippen molar-refractivity contribution < 1.29 is 9.15 Å². The van der Waals surface area contributed by atoms with E-state index < -0.39 is 5.41 Å². The molecule has 0 radical (unpaired) electrons. The summed E-state index contributed by atoms with van der Waals surface area (Å²) in [5.41, 5.74) is 8.20. The van der Waals surface area contributed by atoms with E-state index in [1.807, 2.05) is 24.3 Å². The standard InChI is InChI=1S/C37H24O2/c1-3-12-26(13-4-1)37(27-14-5-2-6-15-27)30-18-8-10-20-33(30)39-35-24-25(22-23-31(35)37)28-17-11-21-34-36(28)29-16-7-9-19-32(29)38-34/h1-24H. The molecule has 0 fully saturated rings. The Morgan fingerprint density at radius 3 is 1.90 bits per heavy atom. The van der Waals surface area contributed by atoms with Crippen molar-refractivity contribution in [1.82, 2.24) is 0 Å². The zero-order chi connectivity index (χ0) is 25.8.